The van der Waals surface area contributed by atoms with Crippen LogP contribution in [0.15, 0.2) is 0 Å². The van der Waals surface area contributed by atoms with Gasteiger partial charge in [-0.1, -0.05) is 118 Å². The molecule has 4 fully saturated rings. The third kappa shape index (κ3) is 25.6. The molecule has 4 saturated carbocycles. The summed E-state index contributed by atoms with van der Waals surface area (Å²) in [5.41, 5.74) is 0. The molecule has 0 aromatic heterocycles. The molecule has 0 radical (unpaired) electrons. The molecule has 4 rings (SSSR count). The van der Waals surface area contributed by atoms with Gasteiger partial charge in [-0.25, -0.2) is 0 Å². The molecule has 36 heavy (non-hydrogen) atoms. The van der Waals surface area contributed by atoms with Crippen LogP contribution < -0.4 is 0 Å². The molecular formula is C35H81N. The molecule has 226 valence electrons. The minimum Gasteiger partial charge on any atom is -0.306 e. The summed E-state index contributed by atoms with van der Waals surface area (Å²) < 4.78 is 0. The van der Waals surface area contributed by atoms with Gasteiger partial charge in [-0.2, -0.15) is 0 Å². The van der Waals surface area contributed by atoms with Crippen LogP contribution in [-0.2, 0) is 0 Å². The first-order valence-corrected chi connectivity index (χ1v) is 16.3. The maximum Gasteiger partial charge on any atom is 0.00942 e. The zero-order valence-electron chi connectivity index (χ0n) is 28.4. The zero-order chi connectivity index (χ0) is 28.6. The Bertz CT molecular complexity index is 325. The number of hydrogen-bond donors (Lipinski definition) is 0. The van der Waals surface area contributed by atoms with Gasteiger partial charge in [-0.05, 0) is 107 Å². The Balaban J connectivity index is -0.000000108. The van der Waals surface area contributed by atoms with E-state index in [-0.39, 0.29) is 7.43 Å². The van der Waals surface area contributed by atoms with Crippen molar-refractivity contribution in [1.29, 1.82) is 0 Å². The first-order valence-electron chi connectivity index (χ1n) is 16.3. The van der Waals surface area contributed by atoms with Crippen LogP contribution in [0.25, 0.3) is 0 Å². The van der Waals surface area contributed by atoms with E-state index in [0.29, 0.717) is 0 Å². The second-order valence-corrected chi connectivity index (χ2v) is 11.4. The van der Waals surface area contributed by atoms with E-state index >= 15 is 0 Å². The largest absolute Gasteiger partial charge is 0.306 e. The first kappa shape index (κ1) is 45.9. The van der Waals surface area contributed by atoms with Crippen molar-refractivity contribution in [1.82, 2.24) is 4.90 Å². The third-order valence-electron chi connectivity index (χ3n) is 7.35. The summed E-state index contributed by atoms with van der Waals surface area (Å²) in [5.74, 6) is 7.29. The fourth-order valence-corrected chi connectivity index (χ4v) is 5.29. The smallest absolute Gasteiger partial charge is 0.00942 e. The molecule has 4 aliphatic carbocycles. The lowest BCUT2D eigenvalue weighted by Gasteiger charge is -2.37. The molecule has 0 aliphatic heterocycles. The van der Waals surface area contributed by atoms with Crippen molar-refractivity contribution in [2.75, 3.05) is 14.1 Å². The first-order chi connectivity index (χ1) is 16.6. The SMILES string of the molecule is C.CC.CC.CC.CC.CC1CC(C)C1.CC1CC(C)C1.CC1CC(N(C)C)C1.CCC1CC(C)C1. The highest BCUT2D eigenvalue weighted by Gasteiger charge is 2.26. The Morgan fingerprint density at radius 3 is 0.722 bits per heavy atom. The molecule has 0 unspecified atom stereocenters. The maximum absolute atomic E-state index is 2.34. The molecule has 0 aromatic carbocycles. The average Bonchev–Trinajstić information content (AvgIpc) is 2.80. The lowest BCUT2D eigenvalue weighted by Crippen LogP contribution is -2.38. The average molecular weight is 516 g/mol. The lowest BCUT2D eigenvalue weighted by atomic mass is 9.75. The summed E-state index contributed by atoms with van der Waals surface area (Å²) in [5, 5.41) is 0. The molecule has 1 nitrogen and oxygen atoms in total. The van der Waals surface area contributed by atoms with Crippen LogP contribution in [0.5, 0.6) is 0 Å². The van der Waals surface area contributed by atoms with Gasteiger partial charge in [0.1, 0.15) is 0 Å². The Morgan fingerprint density at radius 1 is 0.444 bits per heavy atom. The molecule has 0 saturated heterocycles. The van der Waals surface area contributed by atoms with Crippen molar-refractivity contribution in [3.63, 3.8) is 0 Å². The highest BCUT2D eigenvalue weighted by Crippen LogP contribution is 2.35. The van der Waals surface area contributed by atoms with Crippen molar-refractivity contribution >= 4 is 0 Å². The summed E-state index contributed by atoms with van der Waals surface area (Å²) in [4.78, 5) is 2.32. The highest BCUT2D eigenvalue weighted by molar-refractivity contribution is 4.81. The lowest BCUT2D eigenvalue weighted by molar-refractivity contribution is 0.135. The van der Waals surface area contributed by atoms with Crippen molar-refractivity contribution in [2.45, 2.75) is 175 Å². The van der Waals surface area contributed by atoms with Crippen LogP contribution >= 0.6 is 0 Å². The van der Waals surface area contributed by atoms with Gasteiger partial charge in [0.2, 0.25) is 0 Å². The van der Waals surface area contributed by atoms with E-state index in [2.05, 4.69) is 67.5 Å². The minimum atomic E-state index is 0. The molecule has 4 aliphatic rings. The van der Waals surface area contributed by atoms with Gasteiger partial charge in [0.05, 0.1) is 0 Å². The van der Waals surface area contributed by atoms with Crippen molar-refractivity contribution < 1.29 is 0 Å². The van der Waals surface area contributed by atoms with E-state index in [1.54, 1.807) is 0 Å². The third-order valence-corrected chi connectivity index (χ3v) is 7.35. The zero-order valence-corrected chi connectivity index (χ0v) is 28.4. The minimum absolute atomic E-state index is 0. The molecule has 0 spiro atoms. The topological polar surface area (TPSA) is 3.24 Å². The molecule has 0 atom stereocenters. The monoisotopic (exact) mass is 516 g/mol. The van der Waals surface area contributed by atoms with Gasteiger partial charge in [-0.15, -0.1) is 0 Å². The van der Waals surface area contributed by atoms with Crippen LogP contribution in [0.4, 0.5) is 0 Å². The van der Waals surface area contributed by atoms with Crippen molar-refractivity contribution in [3.8, 4) is 0 Å². The molecule has 1 heteroatoms. The fraction of sp³-hybridized carbons (Fsp3) is 1.00. The van der Waals surface area contributed by atoms with Crippen molar-refractivity contribution in [3.05, 3.63) is 0 Å². The van der Waals surface area contributed by atoms with Gasteiger partial charge in [0.25, 0.3) is 0 Å². The van der Waals surface area contributed by atoms with Gasteiger partial charge in [0.15, 0.2) is 0 Å². The van der Waals surface area contributed by atoms with Crippen LogP contribution in [0.3, 0.4) is 0 Å². The summed E-state index contributed by atoms with van der Waals surface area (Å²) >= 11 is 0. The van der Waals surface area contributed by atoms with Crippen LogP contribution in [0.1, 0.15) is 169 Å². The highest BCUT2D eigenvalue weighted by atomic mass is 15.1. The molecular weight excluding hydrogens is 434 g/mol. The Labute approximate surface area is 235 Å². The van der Waals surface area contributed by atoms with E-state index in [4.69, 9.17) is 0 Å². The van der Waals surface area contributed by atoms with Crippen LogP contribution in [-0.4, -0.2) is 25.0 Å². The normalized spacial score (nSPS) is 31.8. The molecule has 0 bridgehead atoms. The number of hydrogen-bond acceptors (Lipinski definition) is 1. The van der Waals surface area contributed by atoms with E-state index < -0.39 is 0 Å². The summed E-state index contributed by atoms with van der Waals surface area (Å²) in [6.45, 7) is 32.2. The number of nitrogens with zero attached hydrogens (tertiary/aromatic N) is 1. The van der Waals surface area contributed by atoms with E-state index in [1.165, 1.54) is 57.8 Å². The second-order valence-electron chi connectivity index (χ2n) is 11.4. The molecule has 0 heterocycles. The molecule has 0 amide bonds. The van der Waals surface area contributed by atoms with Crippen LogP contribution in [0, 0.1) is 41.4 Å². The summed E-state index contributed by atoms with van der Waals surface area (Å²) in [7, 11) is 4.33. The van der Waals surface area contributed by atoms with Gasteiger partial charge in [-0.3, -0.25) is 0 Å². The van der Waals surface area contributed by atoms with Gasteiger partial charge in [0, 0.05) is 6.04 Å². The summed E-state index contributed by atoms with van der Waals surface area (Å²) in [6, 6.07) is 0.894. The molecule has 0 aromatic rings. The standard InChI is InChI=1S/C7H15N.C7H14.2C6H12.4C2H6.CH4/c1-6-4-7(5-6)8(2)3;1-3-7-4-6(2)5-7;2*1-5-3-6(2)4-5;4*1-2;/h6-7H,4-5H2,1-3H3;6-7H,3-5H2,1-2H3;2*5-6H,3-4H2,1-2H3;4*1-2H3;1H4. The van der Waals surface area contributed by atoms with Crippen LogP contribution in [0.2, 0.25) is 0 Å². The van der Waals surface area contributed by atoms with E-state index in [9.17, 15) is 0 Å². The predicted molar refractivity (Wildman–Crippen MR) is 175 cm³/mol. The fourth-order valence-electron chi connectivity index (χ4n) is 5.29. The quantitative estimate of drug-likeness (QED) is 0.353. The Kier molecular flexibility index (Phi) is 39.7. The van der Waals surface area contributed by atoms with Gasteiger partial charge >= 0.3 is 0 Å². The Hall–Kier alpha value is -0.0400. The van der Waals surface area contributed by atoms with E-state index in [0.717, 1.165) is 47.5 Å². The van der Waals surface area contributed by atoms with E-state index in [1.807, 2.05) is 55.4 Å². The second kappa shape index (κ2) is 31.2. The summed E-state index contributed by atoms with van der Waals surface area (Å²) in [6.07, 6.45) is 13.1. The molecule has 0 N–H and O–H groups in total. The van der Waals surface area contributed by atoms with Gasteiger partial charge < -0.3 is 4.90 Å². The van der Waals surface area contributed by atoms with Crippen molar-refractivity contribution in [2.24, 2.45) is 41.4 Å². The number of rotatable bonds is 2. The Morgan fingerprint density at radius 2 is 0.667 bits per heavy atom. The predicted octanol–water partition coefficient (Wildman–Crippen LogP) is 12.6. The maximum atomic E-state index is 2.34.